The molecule has 6 heteroatoms. The van der Waals surface area contributed by atoms with Crippen LogP contribution in [0.4, 0.5) is 4.79 Å². The number of hydrogen-bond donors (Lipinski definition) is 4. The van der Waals surface area contributed by atoms with E-state index >= 15 is 0 Å². The zero-order valence-corrected chi connectivity index (χ0v) is 9.33. The molecule has 0 spiro atoms. The Labute approximate surface area is 98.5 Å². The van der Waals surface area contributed by atoms with Crippen molar-refractivity contribution in [1.29, 1.82) is 0 Å². The van der Waals surface area contributed by atoms with E-state index in [1.807, 2.05) is 5.32 Å². The van der Waals surface area contributed by atoms with Crippen molar-refractivity contribution in [2.75, 3.05) is 13.7 Å². The highest BCUT2D eigenvalue weighted by Gasteiger charge is 2.21. The quantitative estimate of drug-likeness (QED) is 0.596. The molecule has 1 aromatic rings. The SMILES string of the molecule is COc1ccc([C@@H](O)[C@@H](CO)NC(=O)O)cc1. The smallest absolute Gasteiger partial charge is 0.405 e. The van der Waals surface area contributed by atoms with Crippen molar-refractivity contribution in [3.8, 4) is 5.75 Å². The van der Waals surface area contributed by atoms with Crippen LogP contribution in [-0.4, -0.2) is 41.2 Å². The minimum absolute atomic E-state index is 0.487. The highest BCUT2D eigenvalue weighted by molar-refractivity contribution is 5.65. The van der Waals surface area contributed by atoms with Gasteiger partial charge in [0.2, 0.25) is 0 Å². The second-order valence-corrected chi connectivity index (χ2v) is 3.46. The molecular formula is C11H15NO5. The van der Waals surface area contributed by atoms with E-state index in [9.17, 15) is 9.90 Å². The summed E-state index contributed by atoms with van der Waals surface area (Å²) in [7, 11) is 1.52. The van der Waals surface area contributed by atoms with Gasteiger partial charge < -0.3 is 25.4 Å². The van der Waals surface area contributed by atoms with Gasteiger partial charge >= 0.3 is 6.09 Å². The van der Waals surface area contributed by atoms with Gasteiger partial charge in [0.25, 0.3) is 0 Å². The van der Waals surface area contributed by atoms with E-state index in [2.05, 4.69) is 0 Å². The van der Waals surface area contributed by atoms with Gasteiger partial charge in [-0.05, 0) is 17.7 Å². The predicted molar refractivity (Wildman–Crippen MR) is 60.0 cm³/mol. The molecule has 0 aliphatic heterocycles. The molecule has 2 atom stereocenters. The number of ether oxygens (including phenoxy) is 1. The van der Waals surface area contributed by atoms with Gasteiger partial charge in [0.05, 0.1) is 19.8 Å². The molecular weight excluding hydrogens is 226 g/mol. The third-order valence-electron chi connectivity index (χ3n) is 2.34. The normalized spacial score (nSPS) is 13.8. The molecule has 0 fully saturated rings. The van der Waals surface area contributed by atoms with Gasteiger partial charge in [-0.3, -0.25) is 0 Å². The number of carbonyl (C=O) groups is 1. The fraction of sp³-hybridized carbons (Fsp3) is 0.364. The Hall–Kier alpha value is -1.79. The van der Waals surface area contributed by atoms with Crippen molar-refractivity contribution < 1.29 is 24.9 Å². The molecule has 94 valence electrons. The summed E-state index contributed by atoms with van der Waals surface area (Å²) in [6, 6.07) is 5.55. The maximum atomic E-state index is 10.5. The zero-order valence-electron chi connectivity index (χ0n) is 9.33. The Kier molecular flexibility index (Phi) is 4.74. The van der Waals surface area contributed by atoms with E-state index in [0.29, 0.717) is 11.3 Å². The number of aliphatic hydroxyl groups is 2. The summed E-state index contributed by atoms with van der Waals surface area (Å²) >= 11 is 0. The topological polar surface area (TPSA) is 99.0 Å². The number of methoxy groups -OCH3 is 1. The van der Waals surface area contributed by atoms with Crippen LogP contribution in [-0.2, 0) is 0 Å². The molecule has 6 nitrogen and oxygen atoms in total. The monoisotopic (exact) mass is 241 g/mol. The summed E-state index contributed by atoms with van der Waals surface area (Å²) in [6.45, 7) is -0.487. The standard InChI is InChI=1S/C11H15NO5/c1-17-8-4-2-7(3-5-8)10(14)9(6-13)12-11(15)16/h2-5,9-10,12-14H,6H2,1H3,(H,15,16)/t9-,10-/m1/s1. The van der Waals surface area contributed by atoms with Crippen molar-refractivity contribution in [3.63, 3.8) is 0 Å². The van der Waals surface area contributed by atoms with E-state index in [1.54, 1.807) is 24.3 Å². The van der Waals surface area contributed by atoms with Gasteiger partial charge in [-0.25, -0.2) is 4.79 Å². The lowest BCUT2D eigenvalue weighted by Crippen LogP contribution is -2.41. The first kappa shape index (κ1) is 13.3. The fourth-order valence-electron chi connectivity index (χ4n) is 1.42. The van der Waals surface area contributed by atoms with Gasteiger partial charge in [0.1, 0.15) is 11.9 Å². The number of aliphatic hydroxyl groups excluding tert-OH is 2. The minimum atomic E-state index is -1.29. The zero-order chi connectivity index (χ0) is 12.8. The van der Waals surface area contributed by atoms with Crippen LogP contribution in [0, 0.1) is 0 Å². The van der Waals surface area contributed by atoms with E-state index in [-0.39, 0.29) is 0 Å². The Balaban J connectivity index is 2.78. The number of amides is 1. The third-order valence-corrected chi connectivity index (χ3v) is 2.34. The van der Waals surface area contributed by atoms with E-state index in [1.165, 1.54) is 7.11 Å². The minimum Gasteiger partial charge on any atom is -0.497 e. The lowest BCUT2D eigenvalue weighted by molar-refractivity contribution is 0.0868. The van der Waals surface area contributed by atoms with E-state index < -0.39 is 24.8 Å². The molecule has 1 amide bonds. The van der Waals surface area contributed by atoms with Crippen molar-refractivity contribution in [1.82, 2.24) is 5.32 Å². The number of hydrogen-bond acceptors (Lipinski definition) is 4. The van der Waals surface area contributed by atoms with Gasteiger partial charge in [-0.15, -0.1) is 0 Å². The van der Waals surface area contributed by atoms with Crippen LogP contribution < -0.4 is 10.1 Å². The second kappa shape index (κ2) is 6.07. The maximum absolute atomic E-state index is 10.5. The summed E-state index contributed by atoms with van der Waals surface area (Å²) in [5.41, 5.74) is 0.499. The molecule has 1 rings (SSSR count). The highest BCUT2D eigenvalue weighted by atomic mass is 16.5. The molecule has 0 saturated carbocycles. The molecule has 0 aliphatic rings. The predicted octanol–water partition coefficient (Wildman–Crippen LogP) is 0.357. The molecule has 0 bridgehead atoms. The Bertz CT molecular complexity index is 365. The van der Waals surface area contributed by atoms with Crippen molar-refractivity contribution in [3.05, 3.63) is 29.8 Å². The van der Waals surface area contributed by atoms with Crippen LogP contribution in [0.3, 0.4) is 0 Å². The molecule has 0 aliphatic carbocycles. The Morgan fingerprint density at radius 1 is 1.41 bits per heavy atom. The maximum Gasteiger partial charge on any atom is 0.405 e. The van der Waals surface area contributed by atoms with Gasteiger partial charge in [0.15, 0.2) is 0 Å². The van der Waals surface area contributed by atoms with Crippen LogP contribution in [0.1, 0.15) is 11.7 Å². The third kappa shape index (κ3) is 3.61. The molecule has 17 heavy (non-hydrogen) atoms. The highest BCUT2D eigenvalue weighted by Crippen LogP contribution is 2.20. The van der Waals surface area contributed by atoms with Crippen LogP contribution in [0.5, 0.6) is 5.75 Å². The summed E-state index contributed by atoms with van der Waals surface area (Å²) in [6.07, 6.45) is -2.40. The van der Waals surface area contributed by atoms with Crippen LogP contribution in [0.2, 0.25) is 0 Å². The van der Waals surface area contributed by atoms with Crippen LogP contribution in [0.25, 0.3) is 0 Å². The van der Waals surface area contributed by atoms with Crippen LogP contribution in [0.15, 0.2) is 24.3 Å². The summed E-state index contributed by atoms with van der Waals surface area (Å²) < 4.78 is 4.96. The Morgan fingerprint density at radius 2 is 2.00 bits per heavy atom. The first-order valence-corrected chi connectivity index (χ1v) is 5.00. The largest absolute Gasteiger partial charge is 0.497 e. The van der Waals surface area contributed by atoms with Crippen LogP contribution >= 0.6 is 0 Å². The molecule has 4 N–H and O–H groups in total. The summed E-state index contributed by atoms with van der Waals surface area (Å²) in [5.74, 6) is 0.632. The number of carboxylic acid groups (broad SMARTS) is 1. The van der Waals surface area contributed by atoms with Crippen molar-refractivity contribution in [2.45, 2.75) is 12.1 Å². The van der Waals surface area contributed by atoms with Gasteiger partial charge in [0, 0.05) is 0 Å². The average Bonchev–Trinajstić information content (AvgIpc) is 2.35. The molecule has 0 unspecified atom stereocenters. The number of nitrogens with one attached hydrogen (secondary N) is 1. The molecule has 0 heterocycles. The lowest BCUT2D eigenvalue weighted by atomic mass is 10.0. The number of benzene rings is 1. The lowest BCUT2D eigenvalue weighted by Gasteiger charge is -2.21. The van der Waals surface area contributed by atoms with E-state index in [0.717, 1.165) is 0 Å². The van der Waals surface area contributed by atoms with Crippen molar-refractivity contribution >= 4 is 6.09 Å². The Morgan fingerprint density at radius 3 is 2.41 bits per heavy atom. The average molecular weight is 241 g/mol. The van der Waals surface area contributed by atoms with Gasteiger partial charge in [-0.1, -0.05) is 12.1 Å². The first-order chi connectivity index (χ1) is 8.08. The molecule has 0 radical (unpaired) electrons. The fourth-order valence-corrected chi connectivity index (χ4v) is 1.42. The van der Waals surface area contributed by atoms with Gasteiger partial charge in [-0.2, -0.15) is 0 Å². The molecule has 0 saturated heterocycles. The number of rotatable bonds is 5. The summed E-state index contributed by atoms with van der Waals surface area (Å²) in [5, 5.41) is 29.4. The second-order valence-electron chi connectivity index (χ2n) is 3.46. The summed E-state index contributed by atoms with van der Waals surface area (Å²) in [4.78, 5) is 10.5. The van der Waals surface area contributed by atoms with E-state index in [4.69, 9.17) is 14.9 Å². The molecule has 1 aromatic carbocycles. The first-order valence-electron chi connectivity index (χ1n) is 5.00. The molecule has 0 aromatic heterocycles. The van der Waals surface area contributed by atoms with Crippen molar-refractivity contribution in [2.24, 2.45) is 0 Å².